The normalized spacial score (nSPS) is 12.5. The highest BCUT2D eigenvalue weighted by atomic mass is 16.3. The van der Waals surface area contributed by atoms with E-state index in [1.165, 1.54) is 0 Å². The van der Waals surface area contributed by atoms with Gasteiger partial charge in [-0.2, -0.15) is 0 Å². The molecule has 0 aliphatic rings. The van der Waals surface area contributed by atoms with E-state index in [4.69, 9.17) is 5.11 Å². The van der Waals surface area contributed by atoms with Crippen LogP contribution in [0.25, 0.3) is 0 Å². The largest absolute Gasteiger partial charge is 0.394 e. The Morgan fingerprint density at radius 1 is 1.54 bits per heavy atom. The molecule has 1 rings (SSSR count). The van der Waals surface area contributed by atoms with Gasteiger partial charge in [0.15, 0.2) is 0 Å². The lowest BCUT2D eigenvalue weighted by Gasteiger charge is -2.14. The van der Waals surface area contributed by atoms with Gasteiger partial charge in [-0.1, -0.05) is 13.0 Å². The fourth-order valence-electron chi connectivity index (χ4n) is 1.11. The van der Waals surface area contributed by atoms with E-state index in [0.29, 0.717) is 0 Å². The monoisotopic (exact) mass is 180 g/mol. The van der Waals surface area contributed by atoms with Crippen LogP contribution in [0.4, 0.5) is 5.82 Å². The van der Waals surface area contributed by atoms with Crippen LogP contribution in [0.5, 0.6) is 0 Å². The lowest BCUT2D eigenvalue weighted by Crippen LogP contribution is -2.23. The van der Waals surface area contributed by atoms with Gasteiger partial charge in [-0.15, -0.1) is 0 Å². The summed E-state index contributed by atoms with van der Waals surface area (Å²) >= 11 is 0. The molecule has 0 radical (unpaired) electrons. The molecule has 0 spiro atoms. The van der Waals surface area contributed by atoms with E-state index in [-0.39, 0.29) is 12.6 Å². The fraction of sp³-hybridized carbons (Fsp3) is 0.500. The molecule has 1 aromatic heterocycles. The predicted octanol–water partition coefficient (Wildman–Crippen LogP) is 1.57. The average Bonchev–Trinajstić information content (AvgIpc) is 2.14. The van der Waals surface area contributed by atoms with Crippen molar-refractivity contribution in [3.05, 3.63) is 23.9 Å². The smallest absolute Gasteiger partial charge is 0.126 e. The lowest BCUT2D eigenvalue weighted by molar-refractivity contribution is 0.271. The molecule has 0 fully saturated rings. The van der Waals surface area contributed by atoms with Crippen LogP contribution in [0.3, 0.4) is 0 Å². The molecule has 3 heteroatoms. The Morgan fingerprint density at radius 3 is 2.85 bits per heavy atom. The molecule has 1 aromatic rings. The summed E-state index contributed by atoms with van der Waals surface area (Å²) in [5, 5.41) is 12.1. The minimum atomic E-state index is 0.106. The van der Waals surface area contributed by atoms with E-state index < -0.39 is 0 Å². The van der Waals surface area contributed by atoms with Gasteiger partial charge in [0.1, 0.15) is 5.82 Å². The third-order valence-electron chi connectivity index (χ3n) is 1.95. The summed E-state index contributed by atoms with van der Waals surface area (Å²) in [6.45, 7) is 4.13. The maximum absolute atomic E-state index is 8.97. The topological polar surface area (TPSA) is 45.1 Å². The SMILES string of the molecule is CC[C@H](CO)Nc1cccc(C)n1. The lowest BCUT2D eigenvalue weighted by atomic mass is 10.2. The summed E-state index contributed by atoms with van der Waals surface area (Å²) in [7, 11) is 0. The van der Waals surface area contributed by atoms with Gasteiger partial charge in [0.2, 0.25) is 0 Å². The quantitative estimate of drug-likeness (QED) is 0.739. The molecule has 0 saturated heterocycles. The van der Waals surface area contributed by atoms with E-state index in [0.717, 1.165) is 17.9 Å². The highest BCUT2D eigenvalue weighted by Crippen LogP contribution is 2.06. The van der Waals surface area contributed by atoms with Crippen LogP contribution in [0, 0.1) is 6.92 Å². The van der Waals surface area contributed by atoms with Crippen molar-refractivity contribution in [3.8, 4) is 0 Å². The van der Waals surface area contributed by atoms with Crippen molar-refractivity contribution in [2.75, 3.05) is 11.9 Å². The molecular formula is C10H16N2O. The van der Waals surface area contributed by atoms with Gasteiger partial charge in [0, 0.05) is 5.69 Å². The van der Waals surface area contributed by atoms with E-state index in [9.17, 15) is 0 Å². The van der Waals surface area contributed by atoms with Crippen LogP contribution in [-0.2, 0) is 0 Å². The minimum absolute atomic E-state index is 0.106. The van der Waals surface area contributed by atoms with E-state index in [1.54, 1.807) is 0 Å². The average molecular weight is 180 g/mol. The summed E-state index contributed by atoms with van der Waals surface area (Å²) in [5.41, 5.74) is 0.984. The van der Waals surface area contributed by atoms with Crippen molar-refractivity contribution in [2.24, 2.45) is 0 Å². The molecule has 0 aromatic carbocycles. The number of hydrogen-bond acceptors (Lipinski definition) is 3. The van der Waals surface area contributed by atoms with Crippen LogP contribution in [-0.4, -0.2) is 22.7 Å². The van der Waals surface area contributed by atoms with Crippen molar-refractivity contribution < 1.29 is 5.11 Å². The first-order valence-electron chi connectivity index (χ1n) is 4.57. The van der Waals surface area contributed by atoms with Gasteiger partial charge in [0.25, 0.3) is 0 Å². The Morgan fingerprint density at radius 2 is 2.31 bits per heavy atom. The number of aliphatic hydroxyl groups excluding tert-OH is 1. The Kier molecular flexibility index (Phi) is 3.71. The van der Waals surface area contributed by atoms with E-state index >= 15 is 0 Å². The number of anilines is 1. The summed E-state index contributed by atoms with van der Waals surface area (Å²) in [4.78, 5) is 4.29. The fourth-order valence-corrected chi connectivity index (χ4v) is 1.11. The molecule has 0 aliphatic carbocycles. The summed E-state index contributed by atoms with van der Waals surface area (Å²) < 4.78 is 0. The third kappa shape index (κ3) is 3.03. The summed E-state index contributed by atoms with van der Waals surface area (Å²) in [5.74, 6) is 0.834. The number of nitrogens with zero attached hydrogens (tertiary/aromatic N) is 1. The molecule has 13 heavy (non-hydrogen) atoms. The Hall–Kier alpha value is -1.09. The molecule has 0 aliphatic heterocycles. The van der Waals surface area contributed by atoms with Gasteiger partial charge in [-0.3, -0.25) is 0 Å². The van der Waals surface area contributed by atoms with Gasteiger partial charge in [0.05, 0.1) is 12.6 Å². The van der Waals surface area contributed by atoms with Crippen LogP contribution in [0.1, 0.15) is 19.0 Å². The van der Waals surface area contributed by atoms with Gasteiger partial charge in [-0.05, 0) is 25.5 Å². The highest BCUT2D eigenvalue weighted by molar-refractivity contribution is 5.36. The van der Waals surface area contributed by atoms with Crippen molar-refractivity contribution >= 4 is 5.82 Å². The number of aliphatic hydroxyl groups is 1. The highest BCUT2D eigenvalue weighted by Gasteiger charge is 2.03. The molecule has 0 amide bonds. The van der Waals surface area contributed by atoms with Gasteiger partial charge >= 0.3 is 0 Å². The van der Waals surface area contributed by atoms with Crippen LogP contribution in [0.15, 0.2) is 18.2 Å². The zero-order valence-electron chi connectivity index (χ0n) is 8.12. The molecule has 1 atom stereocenters. The number of nitrogens with one attached hydrogen (secondary N) is 1. The second-order valence-corrected chi connectivity index (χ2v) is 3.10. The number of aromatic nitrogens is 1. The van der Waals surface area contributed by atoms with Crippen molar-refractivity contribution in [1.29, 1.82) is 0 Å². The predicted molar refractivity (Wildman–Crippen MR) is 53.8 cm³/mol. The molecule has 0 saturated carbocycles. The molecule has 2 N–H and O–H groups in total. The van der Waals surface area contributed by atoms with Crippen molar-refractivity contribution in [1.82, 2.24) is 4.98 Å². The number of hydrogen-bond donors (Lipinski definition) is 2. The van der Waals surface area contributed by atoms with Gasteiger partial charge in [-0.25, -0.2) is 4.98 Å². The first-order valence-corrected chi connectivity index (χ1v) is 4.57. The Labute approximate surface area is 78.8 Å². The van der Waals surface area contributed by atoms with Crippen LogP contribution in [0.2, 0.25) is 0 Å². The second-order valence-electron chi connectivity index (χ2n) is 3.10. The standard InChI is InChI=1S/C10H16N2O/c1-3-9(7-13)12-10-6-4-5-8(2)11-10/h4-6,9,13H,3,7H2,1-2H3,(H,11,12)/t9-/m1/s1. The molecular weight excluding hydrogens is 164 g/mol. The Bertz CT molecular complexity index is 259. The van der Waals surface area contributed by atoms with Crippen molar-refractivity contribution in [3.63, 3.8) is 0 Å². The van der Waals surface area contributed by atoms with Crippen molar-refractivity contribution in [2.45, 2.75) is 26.3 Å². The molecule has 3 nitrogen and oxygen atoms in total. The summed E-state index contributed by atoms with van der Waals surface area (Å²) in [6.07, 6.45) is 0.895. The van der Waals surface area contributed by atoms with E-state index in [1.807, 2.05) is 32.0 Å². The first kappa shape index (κ1) is 9.99. The zero-order valence-corrected chi connectivity index (χ0v) is 8.12. The number of pyridine rings is 1. The second kappa shape index (κ2) is 4.82. The minimum Gasteiger partial charge on any atom is -0.394 e. The number of rotatable bonds is 4. The van der Waals surface area contributed by atoms with Crippen LogP contribution >= 0.6 is 0 Å². The molecule has 72 valence electrons. The molecule has 0 bridgehead atoms. The first-order chi connectivity index (χ1) is 6.26. The zero-order chi connectivity index (χ0) is 9.68. The van der Waals surface area contributed by atoms with Crippen LogP contribution < -0.4 is 5.32 Å². The third-order valence-corrected chi connectivity index (χ3v) is 1.95. The number of aryl methyl sites for hydroxylation is 1. The van der Waals surface area contributed by atoms with E-state index in [2.05, 4.69) is 10.3 Å². The maximum Gasteiger partial charge on any atom is 0.126 e. The summed E-state index contributed by atoms with van der Waals surface area (Å²) in [6, 6.07) is 5.92. The Balaban J connectivity index is 2.62. The molecule has 0 unspecified atom stereocenters. The van der Waals surface area contributed by atoms with Gasteiger partial charge < -0.3 is 10.4 Å². The molecule has 1 heterocycles. The maximum atomic E-state index is 8.97.